The van der Waals surface area contributed by atoms with E-state index in [1.807, 2.05) is 74.5 Å². The van der Waals surface area contributed by atoms with E-state index in [0.29, 0.717) is 64.3 Å². The van der Waals surface area contributed by atoms with Crippen molar-refractivity contribution in [3.05, 3.63) is 71.8 Å². The molecule has 0 radical (unpaired) electrons. The summed E-state index contributed by atoms with van der Waals surface area (Å²) < 4.78 is 5.44. The molecule has 3 rings (SSSR count). The van der Waals surface area contributed by atoms with E-state index in [0.717, 1.165) is 43.2 Å². The van der Waals surface area contributed by atoms with Gasteiger partial charge in [0.15, 0.2) is 0 Å². The molecule has 0 unspecified atom stereocenters. The lowest BCUT2D eigenvalue weighted by molar-refractivity contribution is -0.134. The summed E-state index contributed by atoms with van der Waals surface area (Å²) in [4.78, 5) is 54.3. The summed E-state index contributed by atoms with van der Waals surface area (Å²) >= 11 is 0. The Hall–Kier alpha value is -3.80. The molecule has 0 aromatic heterocycles. The van der Waals surface area contributed by atoms with Gasteiger partial charge in [0.05, 0.1) is 6.04 Å². The Bertz CT molecular complexity index is 1270. The molecular weight excluding hydrogens is 620 g/mol. The van der Waals surface area contributed by atoms with Crippen molar-refractivity contribution in [2.45, 2.75) is 102 Å². The number of ether oxygens (including phenoxy) is 1. The number of nitrogens with one attached hydrogen (secondary N) is 4. The van der Waals surface area contributed by atoms with E-state index in [-0.39, 0.29) is 11.8 Å². The van der Waals surface area contributed by atoms with Gasteiger partial charge >= 0.3 is 0 Å². The van der Waals surface area contributed by atoms with Gasteiger partial charge in [0.2, 0.25) is 23.6 Å². The number of unbranched alkanes of at least 4 members (excludes halogenated alkanes) is 2. The van der Waals surface area contributed by atoms with Crippen molar-refractivity contribution < 1.29 is 23.9 Å². The van der Waals surface area contributed by atoms with Crippen LogP contribution in [0.15, 0.2) is 60.7 Å². The number of hydrogen-bond acceptors (Lipinski definition) is 7. The standard InChI is InChI=1S/C38H58N6O5/c1-27(2)24-34(38(48)43-32(16-10-5-11-21-39)36(46)41-26-30-19-22-49-23-20-30)44-37(47)33(18-17-28-12-6-3-7-13-28)42-35(45)31(40)25-29-14-8-4-9-15-29/h3-4,6-9,12-15,27,30-34H,5,10-11,16-26,39-40H2,1-2H3,(H,41,46)(H,42,45)(H,43,48)(H,44,47)/t31-,32-,33-,34-/m1/s1. The van der Waals surface area contributed by atoms with Crippen LogP contribution in [-0.2, 0) is 36.8 Å². The Kier molecular flexibility index (Phi) is 17.8. The summed E-state index contributed by atoms with van der Waals surface area (Å²) in [5.41, 5.74) is 13.9. The van der Waals surface area contributed by atoms with Gasteiger partial charge in [0.25, 0.3) is 0 Å². The van der Waals surface area contributed by atoms with Crippen LogP contribution in [0.5, 0.6) is 0 Å². The summed E-state index contributed by atoms with van der Waals surface area (Å²) in [5.74, 6) is -1.18. The number of rotatable bonds is 21. The molecule has 0 aliphatic carbocycles. The van der Waals surface area contributed by atoms with Crippen LogP contribution in [0.1, 0.15) is 76.3 Å². The third-order valence-corrected chi connectivity index (χ3v) is 8.91. The van der Waals surface area contributed by atoms with Gasteiger partial charge in [0.1, 0.15) is 18.1 Å². The molecule has 11 heteroatoms. The minimum Gasteiger partial charge on any atom is -0.381 e. The number of amides is 4. The molecule has 4 atom stereocenters. The van der Waals surface area contributed by atoms with Crippen LogP contribution in [0, 0.1) is 11.8 Å². The zero-order chi connectivity index (χ0) is 35.4. The average Bonchev–Trinajstić information content (AvgIpc) is 3.10. The summed E-state index contributed by atoms with van der Waals surface area (Å²) in [6, 6.07) is 15.7. The van der Waals surface area contributed by atoms with Crippen LogP contribution in [0.4, 0.5) is 0 Å². The molecule has 270 valence electrons. The molecule has 2 aromatic rings. The molecule has 49 heavy (non-hydrogen) atoms. The van der Waals surface area contributed by atoms with Crippen molar-refractivity contribution in [3.8, 4) is 0 Å². The largest absolute Gasteiger partial charge is 0.381 e. The first-order valence-corrected chi connectivity index (χ1v) is 18.0. The smallest absolute Gasteiger partial charge is 0.243 e. The zero-order valence-corrected chi connectivity index (χ0v) is 29.3. The number of carbonyl (C=O) groups excluding carboxylic acids is 4. The van der Waals surface area contributed by atoms with Gasteiger partial charge < -0.3 is 37.5 Å². The van der Waals surface area contributed by atoms with Crippen LogP contribution in [0.3, 0.4) is 0 Å². The van der Waals surface area contributed by atoms with Gasteiger partial charge in [-0.25, -0.2) is 0 Å². The van der Waals surface area contributed by atoms with Crippen LogP contribution in [-0.4, -0.2) is 74.1 Å². The Labute approximate surface area is 292 Å². The minimum absolute atomic E-state index is 0.0676. The molecule has 0 saturated carbocycles. The molecule has 0 spiro atoms. The lowest BCUT2D eigenvalue weighted by Crippen LogP contribution is -2.58. The van der Waals surface area contributed by atoms with E-state index in [2.05, 4.69) is 21.3 Å². The first kappa shape index (κ1) is 39.6. The van der Waals surface area contributed by atoms with Crippen molar-refractivity contribution in [2.24, 2.45) is 23.3 Å². The predicted octanol–water partition coefficient (Wildman–Crippen LogP) is 2.75. The van der Waals surface area contributed by atoms with Crippen LogP contribution in [0.2, 0.25) is 0 Å². The lowest BCUT2D eigenvalue weighted by atomic mass is 9.99. The molecule has 0 bridgehead atoms. The molecule has 11 nitrogen and oxygen atoms in total. The number of hydrogen-bond donors (Lipinski definition) is 6. The van der Waals surface area contributed by atoms with E-state index in [1.54, 1.807) is 0 Å². The molecule has 1 aliphatic heterocycles. The fraction of sp³-hybridized carbons (Fsp3) is 0.579. The van der Waals surface area contributed by atoms with E-state index in [1.165, 1.54) is 0 Å². The Morgan fingerprint density at radius 1 is 0.735 bits per heavy atom. The minimum atomic E-state index is -0.924. The molecule has 1 heterocycles. The number of aryl methyl sites for hydroxylation is 1. The highest BCUT2D eigenvalue weighted by molar-refractivity contribution is 5.94. The van der Waals surface area contributed by atoms with Crippen molar-refractivity contribution in [1.29, 1.82) is 0 Å². The van der Waals surface area contributed by atoms with Gasteiger partial charge in [-0.05, 0) is 80.9 Å². The summed E-state index contributed by atoms with van der Waals surface area (Å²) in [5, 5.41) is 11.8. The normalized spacial score (nSPS) is 15.9. The summed E-state index contributed by atoms with van der Waals surface area (Å²) in [6.07, 6.45) is 6.16. The summed E-state index contributed by atoms with van der Waals surface area (Å²) in [6.45, 7) is 6.39. The fourth-order valence-electron chi connectivity index (χ4n) is 5.97. The second kappa shape index (κ2) is 22.0. The van der Waals surface area contributed by atoms with E-state index >= 15 is 0 Å². The van der Waals surface area contributed by atoms with E-state index in [4.69, 9.17) is 16.2 Å². The molecule has 8 N–H and O–H groups in total. The quantitative estimate of drug-likeness (QED) is 0.110. The van der Waals surface area contributed by atoms with Gasteiger partial charge in [0, 0.05) is 19.8 Å². The maximum Gasteiger partial charge on any atom is 0.243 e. The van der Waals surface area contributed by atoms with Crippen molar-refractivity contribution >= 4 is 23.6 Å². The Morgan fingerprint density at radius 3 is 1.94 bits per heavy atom. The molecule has 4 amide bonds. The van der Waals surface area contributed by atoms with Gasteiger partial charge in [-0.1, -0.05) is 87.4 Å². The van der Waals surface area contributed by atoms with E-state index < -0.39 is 41.9 Å². The number of nitrogens with two attached hydrogens (primary N) is 2. The van der Waals surface area contributed by atoms with Crippen molar-refractivity contribution in [1.82, 2.24) is 21.3 Å². The van der Waals surface area contributed by atoms with Crippen molar-refractivity contribution in [3.63, 3.8) is 0 Å². The molecular formula is C38H58N6O5. The second-order valence-electron chi connectivity index (χ2n) is 13.6. The van der Waals surface area contributed by atoms with Crippen LogP contribution in [0.25, 0.3) is 0 Å². The topological polar surface area (TPSA) is 178 Å². The fourth-order valence-corrected chi connectivity index (χ4v) is 5.97. The summed E-state index contributed by atoms with van der Waals surface area (Å²) in [7, 11) is 0. The maximum atomic E-state index is 13.9. The highest BCUT2D eigenvalue weighted by Gasteiger charge is 2.31. The second-order valence-corrected chi connectivity index (χ2v) is 13.6. The Balaban J connectivity index is 1.72. The number of carbonyl (C=O) groups is 4. The first-order chi connectivity index (χ1) is 23.7. The monoisotopic (exact) mass is 678 g/mol. The molecule has 1 saturated heterocycles. The molecule has 1 aliphatic rings. The van der Waals surface area contributed by atoms with Crippen LogP contribution < -0.4 is 32.7 Å². The Morgan fingerprint density at radius 2 is 1.31 bits per heavy atom. The predicted molar refractivity (Wildman–Crippen MR) is 192 cm³/mol. The third kappa shape index (κ3) is 15.1. The molecule has 1 fully saturated rings. The first-order valence-electron chi connectivity index (χ1n) is 18.0. The maximum absolute atomic E-state index is 13.9. The highest BCUT2D eigenvalue weighted by Crippen LogP contribution is 2.14. The average molecular weight is 679 g/mol. The number of benzene rings is 2. The lowest BCUT2D eigenvalue weighted by Gasteiger charge is -2.27. The molecule has 2 aromatic carbocycles. The van der Waals surface area contributed by atoms with Crippen molar-refractivity contribution in [2.75, 3.05) is 26.3 Å². The van der Waals surface area contributed by atoms with Gasteiger partial charge in [-0.2, -0.15) is 0 Å². The van der Waals surface area contributed by atoms with Crippen LogP contribution >= 0.6 is 0 Å². The third-order valence-electron chi connectivity index (χ3n) is 8.91. The highest BCUT2D eigenvalue weighted by atomic mass is 16.5. The zero-order valence-electron chi connectivity index (χ0n) is 29.3. The SMILES string of the molecule is CC(C)C[C@@H](NC(=O)[C@@H](CCc1ccccc1)NC(=O)[C@H](N)Cc1ccccc1)C(=O)N[C@H](CCCCCN)C(=O)NCC1CCOCC1. The van der Waals surface area contributed by atoms with Gasteiger partial charge in [-0.15, -0.1) is 0 Å². The van der Waals surface area contributed by atoms with Gasteiger partial charge in [-0.3, -0.25) is 19.2 Å². The van der Waals surface area contributed by atoms with E-state index in [9.17, 15) is 19.2 Å².